The molecule has 0 atom stereocenters. The molecular formula is C15H14N2O2. The molecule has 3 N–H and O–H groups in total. The molecule has 2 rings (SSSR count). The summed E-state index contributed by atoms with van der Waals surface area (Å²) in [4.78, 5) is 10.7. The highest BCUT2D eigenvalue weighted by molar-refractivity contribution is 5.87. The molecule has 0 spiro atoms. The molecule has 0 saturated heterocycles. The van der Waals surface area contributed by atoms with E-state index in [0.29, 0.717) is 6.54 Å². The lowest BCUT2D eigenvalue weighted by Crippen LogP contribution is -2.03. The van der Waals surface area contributed by atoms with Crippen LogP contribution in [0.3, 0.4) is 0 Å². The van der Waals surface area contributed by atoms with Crippen molar-refractivity contribution in [2.45, 2.75) is 6.54 Å². The highest BCUT2D eigenvalue weighted by Crippen LogP contribution is 2.14. The third-order valence-corrected chi connectivity index (χ3v) is 2.80. The number of hydrogen-bond acceptors (Lipinski definition) is 3. The van der Waals surface area contributed by atoms with Gasteiger partial charge in [-0.2, -0.15) is 0 Å². The van der Waals surface area contributed by atoms with E-state index in [9.17, 15) is 4.79 Å². The van der Waals surface area contributed by atoms with Gasteiger partial charge in [-0.3, -0.25) is 0 Å². The summed E-state index contributed by atoms with van der Waals surface area (Å²) in [6, 6.07) is 14.3. The fraction of sp³-hybridized carbons (Fsp3) is 0.0667. The first-order valence-corrected chi connectivity index (χ1v) is 5.86. The third kappa shape index (κ3) is 3.19. The second-order valence-corrected chi connectivity index (χ2v) is 4.09. The molecule has 4 heteroatoms. The zero-order chi connectivity index (χ0) is 13.7. The second kappa shape index (κ2) is 5.82. The molecule has 0 aliphatic carbocycles. The van der Waals surface area contributed by atoms with Crippen LogP contribution in [0.1, 0.15) is 21.5 Å². The molecule has 0 saturated carbocycles. The summed E-state index contributed by atoms with van der Waals surface area (Å²) in [6.07, 6.45) is 1.30. The minimum atomic E-state index is -0.923. The van der Waals surface area contributed by atoms with Gasteiger partial charge in [0.1, 0.15) is 0 Å². The number of benzene rings is 2. The number of nitrogens with one attached hydrogen (secondary N) is 2. The maximum absolute atomic E-state index is 10.7. The van der Waals surface area contributed by atoms with Gasteiger partial charge in [0.15, 0.2) is 0 Å². The van der Waals surface area contributed by atoms with Crippen LogP contribution in [0.5, 0.6) is 0 Å². The molecule has 0 radical (unpaired) electrons. The molecule has 4 nitrogen and oxygen atoms in total. The quantitative estimate of drug-likeness (QED) is 0.718. The van der Waals surface area contributed by atoms with Crippen molar-refractivity contribution in [3.63, 3.8) is 0 Å². The maximum atomic E-state index is 10.7. The molecule has 19 heavy (non-hydrogen) atoms. The molecule has 2 aromatic carbocycles. The van der Waals surface area contributed by atoms with Gasteiger partial charge in [0, 0.05) is 24.0 Å². The average molecular weight is 254 g/mol. The summed E-state index contributed by atoms with van der Waals surface area (Å²) in [5.41, 5.74) is 2.98. The van der Waals surface area contributed by atoms with Crippen LogP contribution in [0.4, 0.5) is 5.69 Å². The van der Waals surface area contributed by atoms with Crippen LogP contribution < -0.4 is 5.32 Å². The molecule has 0 aliphatic heterocycles. The van der Waals surface area contributed by atoms with E-state index in [0.717, 1.165) is 16.8 Å². The van der Waals surface area contributed by atoms with Gasteiger partial charge in [-0.25, -0.2) is 4.79 Å². The van der Waals surface area contributed by atoms with Crippen LogP contribution in [0.2, 0.25) is 0 Å². The van der Waals surface area contributed by atoms with Crippen molar-refractivity contribution in [1.29, 1.82) is 5.41 Å². The molecular weight excluding hydrogens is 240 g/mol. The highest BCUT2D eigenvalue weighted by Gasteiger charge is 2.02. The van der Waals surface area contributed by atoms with Crippen molar-refractivity contribution in [3.05, 3.63) is 65.2 Å². The molecule has 0 aliphatic rings. The summed E-state index contributed by atoms with van der Waals surface area (Å²) in [7, 11) is 0. The molecule has 0 bridgehead atoms. The van der Waals surface area contributed by atoms with Crippen LogP contribution in [0.15, 0.2) is 48.5 Å². The molecule has 2 aromatic rings. The van der Waals surface area contributed by atoms with Crippen molar-refractivity contribution in [2.24, 2.45) is 0 Å². The Morgan fingerprint density at radius 2 is 1.84 bits per heavy atom. The van der Waals surface area contributed by atoms with E-state index in [-0.39, 0.29) is 5.56 Å². The first-order valence-electron chi connectivity index (χ1n) is 5.86. The zero-order valence-corrected chi connectivity index (χ0v) is 10.3. The largest absolute Gasteiger partial charge is 0.478 e. The maximum Gasteiger partial charge on any atom is 0.335 e. The number of carboxylic acids is 1. The fourth-order valence-electron chi connectivity index (χ4n) is 1.75. The Balaban J connectivity index is 2.06. The molecule has 96 valence electrons. The number of carbonyl (C=O) groups is 1. The van der Waals surface area contributed by atoms with E-state index in [1.807, 2.05) is 24.3 Å². The standard InChI is InChI=1S/C15H14N2O2/c16-9-13-3-1-2-4-14(13)17-10-11-5-7-12(8-6-11)15(18)19/h1-9,16-17H,10H2,(H,18,19). The Morgan fingerprint density at radius 1 is 1.16 bits per heavy atom. The Morgan fingerprint density at radius 3 is 2.47 bits per heavy atom. The first-order chi connectivity index (χ1) is 9.20. The fourth-order valence-corrected chi connectivity index (χ4v) is 1.75. The SMILES string of the molecule is N=Cc1ccccc1NCc1ccc(C(=O)O)cc1. The lowest BCUT2D eigenvalue weighted by molar-refractivity contribution is 0.0697. The Labute approximate surface area is 111 Å². The predicted octanol–water partition coefficient (Wildman–Crippen LogP) is 2.99. The summed E-state index contributed by atoms with van der Waals surface area (Å²) in [5, 5.41) is 19.4. The first kappa shape index (κ1) is 12.8. The summed E-state index contributed by atoms with van der Waals surface area (Å²) in [5.74, 6) is -0.923. The summed E-state index contributed by atoms with van der Waals surface area (Å²) >= 11 is 0. The predicted molar refractivity (Wildman–Crippen MR) is 75.1 cm³/mol. The monoisotopic (exact) mass is 254 g/mol. The Hall–Kier alpha value is -2.62. The van der Waals surface area contributed by atoms with Crippen molar-refractivity contribution in [2.75, 3.05) is 5.32 Å². The topological polar surface area (TPSA) is 73.2 Å². The molecule has 0 heterocycles. The highest BCUT2D eigenvalue weighted by atomic mass is 16.4. The van der Waals surface area contributed by atoms with E-state index in [4.69, 9.17) is 10.5 Å². The third-order valence-electron chi connectivity index (χ3n) is 2.80. The Kier molecular flexibility index (Phi) is 3.93. The number of carboxylic acid groups (broad SMARTS) is 1. The Bertz CT molecular complexity index is 591. The molecule has 0 aromatic heterocycles. The second-order valence-electron chi connectivity index (χ2n) is 4.09. The van der Waals surface area contributed by atoms with Crippen LogP contribution in [0, 0.1) is 5.41 Å². The molecule has 0 unspecified atom stereocenters. The van der Waals surface area contributed by atoms with Gasteiger partial charge in [-0.05, 0) is 23.8 Å². The van der Waals surface area contributed by atoms with Gasteiger partial charge in [0.05, 0.1) is 5.56 Å². The van der Waals surface area contributed by atoms with Gasteiger partial charge < -0.3 is 15.8 Å². The van der Waals surface area contributed by atoms with E-state index in [2.05, 4.69) is 5.32 Å². The smallest absolute Gasteiger partial charge is 0.335 e. The number of anilines is 1. The van der Waals surface area contributed by atoms with Gasteiger partial charge in [0.25, 0.3) is 0 Å². The number of para-hydroxylation sites is 1. The summed E-state index contributed by atoms with van der Waals surface area (Å²) in [6.45, 7) is 0.588. The van der Waals surface area contributed by atoms with Crippen molar-refractivity contribution >= 4 is 17.9 Å². The molecule has 0 fully saturated rings. The van der Waals surface area contributed by atoms with Gasteiger partial charge in [-0.15, -0.1) is 0 Å². The number of aromatic carboxylic acids is 1. The minimum absolute atomic E-state index is 0.281. The minimum Gasteiger partial charge on any atom is -0.478 e. The lowest BCUT2D eigenvalue weighted by atomic mass is 10.1. The van der Waals surface area contributed by atoms with Crippen LogP contribution in [-0.2, 0) is 6.54 Å². The van der Waals surface area contributed by atoms with Gasteiger partial charge >= 0.3 is 5.97 Å². The number of rotatable bonds is 5. The number of hydrogen-bond donors (Lipinski definition) is 3. The van der Waals surface area contributed by atoms with E-state index in [1.165, 1.54) is 6.21 Å². The average Bonchev–Trinajstić information content (AvgIpc) is 2.45. The van der Waals surface area contributed by atoms with E-state index in [1.54, 1.807) is 24.3 Å². The van der Waals surface area contributed by atoms with E-state index >= 15 is 0 Å². The van der Waals surface area contributed by atoms with Crippen molar-refractivity contribution < 1.29 is 9.90 Å². The van der Waals surface area contributed by atoms with Gasteiger partial charge in [-0.1, -0.05) is 30.3 Å². The van der Waals surface area contributed by atoms with Crippen LogP contribution >= 0.6 is 0 Å². The van der Waals surface area contributed by atoms with Gasteiger partial charge in [0.2, 0.25) is 0 Å². The summed E-state index contributed by atoms with van der Waals surface area (Å²) < 4.78 is 0. The van der Waals surface area contributed by atoms with Crippen LogP contribution in [0.25, 0.3) is 0 Å². The van der Waals surface area contributed by atoms with Crippen molar-refractivity contribution in [3.8, 4) is 0 Å². The zero-order valence-electron chi connectivity index (χ0n) is 10.3. The lowest BCUT2D eigenvalue weighted by Gasteiger charge is -2.09. The van der Waals surface area contributed by atoms with Crippen LogP contribution in [-0.4, -0.2) is 17.3 Å². The van der Waals surface area contributed by atoms with E-state index < -0.39 is 5.97 Å². The van der Waals surface area contributed by atoms with Crippen molar-refractivity contribution in [1.82, 2.24) is 0 Å². The molecule has 0 amide bonds. The normalized spacial score (nSPS) is 9.89.